The van der Waals surface area contributed by atoms with Gasteiger partial charge in [0.2, 0.25) is 0 Å². The molecule has 22 heavy (non-hydrogen) atoms. The predicted molar refractivity (Wildman–Crippen MR) is 83.1 cm³/mol. The summed E-state index contributed by atoms with van der Waals surface area (Å²) < 4.78 is 10.5. The molecular formula is C17H18N2O3. The lowest BCUT2D eigenvalue weighted by Crippen LogP contribution is -2.26. The van der Waals surface area contributed by atoms with Crippen LogP contribution in [0.1, 0.15) is 12.0 Å². The van der Waals surface area contributed by atoms with Gasteiger partial charge in [-0.2, -0.15) is 5.26 Å². The van der Waals surface area contributed by atoms with Crippen molar-refractivity contribution >= 4 is 12.0 Å². The summed E-state index contributed by atoms with van der Waals surface area (Å²) in [6.45, 7) is 1.39. The second kappa shape index (κ2) is 8.01. The molecule has 0 bridgehead atoms. The smallest absolute Gasteiger partial charge is 0.261 e. The molecule has 0 unspecified atom stereocenters. The number of nitriles is 1. The maximum atomic E-state index is 11.9. The molecule has 1 heterocycles. The van der Waals surface area contributed by atoms with E-state index < -0.39 is 0 Å². The predicted octanol–water partition coefficient (Wildman–Crippen LogP) is 2.07. The summed E-state index contributed by atoms with van der Waals surface area (Å²) >= 11 is 0. The van der Waals surface area contributed by atoms with Crippen LogP contribution in [-0.4, -0.2) is 32.8 Å². The maximum absolute atomic E-state index is 11.9. The molecule has 5 nitrogen and oxygen atoms in total. The van der Waals surface area contributed by atoms with Gasteiger partial charge in [0, 0.05) is 25.8 Å². The molecule has 1 amide bonds. The fourth-order valence-corrected chi connectivity index (χ4v) is 2.06. The Hall–Kier alpha value is -2.58. The summed E-state index contributed by atoms with van der Waals surface area (Å²) in [5, 5.41) is 11.9. The molecule has 1 aliphatic heterocycles. The van der Waals surface area contributed by atoms with Gasteiger partial charge in [-0.05, 0) is 30.2 Å². The molecule has 1 aromatic carbocycles. The van der Waals surface area contributed by atoms with Crippen molar-refractivity contribution in [2.45, 2.75) is 6.42 Å². The fourth-order valence-electron chi connectivity index (χ4n) is 2.06. The first-order valence-corrected chi connectivity index (χ1v) is 7.06. The molecule has 0 radical (unpaired) electrons. The van der Waals surface area contributed by atoms with Gasteiger partial charge in [-0.3, -0.25) is 4.79 Å². The van der Waals surface area contributed by atoms with Gasteiger partial charge in [0.25, 0.3) is 5.91 Å². The van der Waals surface area contributed by atoms with Crippen LogP contribution in [0.4, 0.5) is 0 Å². The number of hydrogen-bond donors (Lipinski definition) is 1. The zero-order valence-electron chi connectivity index (χ0n) is 12.5. The topological polar surface area (TPSA) is 71.3 Å². The van der Waals surface area contributed by atoms with Crippen molar-refractivity contribution in [1.29, 1.82) is 5.26 Å². The summed E-state index contributed by atoms with van der Waals surface area (Å²) in [6.07, 6.45) is 4.20. The molecule has 0 spiro atoms. The Morgan fingerprint density at radius 1 is 1.50 bits per heavy atom. The lowest BCUT2D eigenvalue weighted by Gasteiger charge is -2.16. The van der Waals surface area contributed by atoms with Gasteiger partial charge >= 0.3 is 0 Å². The number of nitrogens with one attached hydrogen (secondary N) is 1. The van der Waals surface area contributed by atoms with E-state index in [-0.39, 0.29) is 11.5 Å². The molecule has 0 fully saturated rings. The van der Waals surface area contributed by atoms with Gasteiger partial charge in [-0.15, -0.1) is 0 Å². The SMILES string of the molecule is COCCCNC(=O)C(C#N)=CC1=Cc2ccccc2OC1. The second-order valence-electron chi connectivity index (χ2n) is 4.82. The van der Waals surface area contributed by atoms with E-state index in [0.29, 0.717) is 26.2 Å². The minimum Gasteiger partial charge on any atom is -0.488 e. The Morgan fingerprint density at radius 2 is 2.32 bits per heavy atom. The minimum atomic E-state index is -0.377. The van der Waals surface area contributed by atoms with Crippen molar-refractivity contribution in [2.24, 2.45) is 0 Å². The number of benzene rings is 1. The number of para-hydroxylation sites is 1. The van der Waals surface area contributed by atoms with Crippen molar-refractivity contribution in [3.63, 3.8) is 0 Å². The molecule has 2 rings (SSSR count). The highest BCUT2D eigenvalue weighted by molar-refractivity contribution is 5.98. The highest BCUT2D eigenvalue weighted by atomic mass is 16.5. The minimum absolute atomic E-state index is 0.0756. The molecule has 0 saturated carbocycles. The molecule has 0 saturated heterocycles. The first-order valence-electron chi connectivity index (χ1n) is 7.06. The van der Waals surface area contributed by atoms with E-state index in [0.717, 1.165) is 16.9 Å². The van der Waals surface area contributed by atoms with Crippen LogP contribution in [0, 0.1) is 11.3 Å². The molecule has 0 aromatic heterocycles. The highest BCUT2D eigenvalue weighted by Crippen LogP contribution is 2.26. The number of ether oxygens (including phenoxy) is 2. The van der Waals surface area contributed by atoms with Crippen LogP contribution >= 0.6 is 0 Å². The molecular weight excluding hydrogens is 280 g/mol. The number of amides is 1. The molecule has 0 aliphatic carbocycles. The van der Waals surface area contributed by atoms with Crippen LogP contribution < -0.4 is 10.1 Å². The number of hydrogen-bond acceptors (Lipinski definition) is 4. The van der Waals surface area contributed by atoms with E-state index in [4.69, 9.17) is 14.7 Å². The van der Waals surface area contributed by atoms with Crippen LogP contribution in [0.3, 0.4) is 0 Å². The number of carbonyl (C=O) groups excluding carboxylic acids is 1. The van der Waals surface area contributed by atoms with Crippen molar-refractivity contribution in [1.82, 2.24) is 5.32 Å². The first kappa shape index (κ1) is 15.8. The van der Waals surface area contributed by atoms with E-state index in [1.54, 1.807) is 13.2 Å². The van der Waals surface area contributed by atoms with E-state index >= 15 is 0 Å². The van der Waals surface area contributed by atoms with Gasteiger partial charge in [-0.25, -0.2) is 0 Å². The third-order valence-electron chi connectivity index (χ3n) is 3.16. The Kier molecular flexibility index (Phi) is 5.75. The molecule has 1 aliphatic rings. The summed E-state index contributed by atoms with van der Waals surface area (Å²) in [4.78, 5) is 11.9. The largest absolute Gasteiger partial charge is 0.488 e. The maximum Gasteiger partial charge on any atom is 0.261 e. The lowest BCUT2D eigenvalue weighted by atomic mass is 10.1. The fraction of sp³-hybridized carbons (Fsp3) is 0.294. The van der Waals surface area contributed by atoms with Crippen LogP contribution in [0.2, 0.25) is 0 Å². The van der Waals surface area contributed by atoms with Gasteiger partial charge in [0.15, 0.2) is 0 Å². The van der Waals surface area contributed by atoms with Crippen molar-refractivity contribution in [3.8, 4) is 11.8 Å². The summed E-state index contributed by atoms with van der Waals surface area (Å²) in [5.41, 5.74) is 1.81. The number of rotatable bonds is 6. The molecule has 114 valence electrons. The standard InChI is InChI=1S/C17H18N2O3/c1-21-8-4-7-19-17(20)15(11-18)10-13-9-14-5-2-3-6-16(14)22-12-13/h2-3,5-6,9-10H,4,7-8,12H2,1H3,(H,19,20). The summed E-state index contributed by atoms with van der Waals surface area (Å²) in [7, 11) is 1.61. The quantitative estimate of drug-likeness (QED) is 0.496. The van der Waals surface area contributed by atoms with Crippen molar-refractivity contribution in [2.75, 3.05) is 26.9 Å². The third kappa shape index (κ3) is 4.21. The Labute approximate surface area is 129 Å². The highest BCUT2D eigenvalue weighted by Gasteiger charge is 2.13. The average molecular weight is 298 g/mol. The van der Waals surface area contributed by atoms with E-state index in [9.17, 15) is 4.79 Å². The lowest BCUT2D eigenvalue weighted by molar-refractivity contribution is -0.117. The number of methoxy groups -OCH3 is 1. The van der Waals surface area contributed by atoms with Crippen molar-refractivity contribution in [3.05, 3.63) is 47.1 Å². The monoisotopic (exact) mass is 298 g/mol. The summed E-state index contributed by atoms with van der Waals surface area (Å²) in [6, 6.07) is 9.57. The van der Waals surface area contributed by atoms with E-state index in [1.807, 2.05) is 36.4 Å². The molecule has 1 N–H and O–H groups in total. The normalized spacial score (nSPS) is 13.5. The van der Waals surface area contributed by atoms with Gasteiger partial charge in [0.1, 0.15) is 24.0 Å². The zero-order valence-corrected chi connectivity index (χ0v) is 12.5. The number of fused-ring (bicyclic) bond motifs is 1. The average Bonchev–Trinajstić information content (AvgIpc) is 2.56. The van der Waals surface area contributed by atoms with Crippen LogP contribution in [0.15, 0.2) is 41.5 Å². The number of nitrogens with zero attached hydrogens (tertiary/aromatic N) is 1. The first-order chi connectivity index (χ1) is 10.7. The Morgan fingerprint density at radius 3 is 3.09 bits per heavy atom. The molecule has 1 aromatic rings. The molecule has 0 atom stereocenters. The van der Waals surface area contributed by atoms with Crippen LogP contribution in [0.25, 0.3) is 6.08 Å². The van der Waals surface area contributed by atoms with Gasteiger partial charge in [0.05, 0.1) is 0 Å². The summed E-state index contributed by atoms with van der Waals surface area (Å²) in [5.74, 6) is 0.431. The van der Waals surface area contributed by atoms with Crippen LogP contribution in [-0.2, 0) is 9.53 Å². The number of carbonyl (C=O) groups is 1. The van der Waals surface area contributed by atoms with Gasteiger partial charge < -0.3 is 14.8 Å². The third-order valence-corrected chi connectivity index (χ3v) is 3.16. The van der Waals surface area contributed by atoms with Crippen molar-refractivity contribution < 1.29 is 14.3 Å². The van der Waals surface area contributed by atoms with Crippen LogP contribution in [0.5, 0.6) is 5.75 Å². The second-order valence-corrected chi connectivity index (χ2v) is 4.82. The molecule has 5 heteroatoms. The van der Waals surface area contributed by atoms with E-state index in [2.05, 4.69) is 5.32 Å². The zero-order chi connectivity index (χ0) is 15.8. The Bertz CT molecular complexity index is 642. The van der Waals surface area contributed by atoms with E-state index in [1.165, 1.54) is 0 Å². The van der Waals surface area contributed by atoms with Gasteiger partial charge in [-0.1, -0.05) is 18.2 Å². The Balaban J connectivity index is 2.05.